The number of hydrogen-bond acceptors (Lipinski definition) is 7. The van der Waals surface area contributed by atoms with Gasteiger partial charge >= 0.3 is 0 Å². The Morgan fingerprint density at radius 2 is 1.73 bits per heavy atom. The first kappa shape index (κ1) is 21.0. The van der Waals surface area contributed by atoms with Gasteiger partial charge < -0.3 is 0 Å². The molecule has 1 amide bonds. The standard InChI is InChI=1S/C24H17N5O2S2/c1-14(30)15-2-4-16(5-3-15)17-6-8-18(9-7-17)21-19(13-27-28-21)12-20-22(31)29(23(25)33-20)24-26-10-11-32-24/h2-13,25H,1H3,(H,27,28)/b20-12-,25-23?. The van der Waals surface area contributed by atoms with Gasteiger partial charge in [-0.15, -0.1) is 11.3 Å². The number of nitrogens with zero attached hydrogens (tertiary/aromatic N) is 3. The Morgan fingerprint density at radius 1 is 1.06 bits per heavy atom. The molecule has 162 valence electrons. The van der Waals surface area contributed by atoms with Crippen molar-refractivity contribution < 1.29 is 9.59 Å². The number of benzene rings is 2. The van der Waals surface area contributed by atoms with Crippen LogP contribution in [0.15, 0.2) is 71.2 Å². The predicted octanol–water partition coefficient (Wildman–Crippen LogP) is 5.46. The van der Waals surface area contributed by atoms with Crippen molar-refractivity contribution >= 4 is 51.2 Å². The molecule has 0 unspecified atom stereocenters. The molecular weight excluding hydrogens is 454 g/mol. The van der Waals surface area contributed by atoms with E-state index in [-0.39, 0.29) is 16.9 Å². The number of ketones is 1. The average molecular weight is 472 g/mol. The highest BCUT2D eigenvalue weighted by Crippen LogP contribution is 2.37. The van der Waals surface area contributed by atoms with Crippen LogP contribution in [0.5, 0.6) is 0 Å². The number of hydrogen-bond donors (Lipinski definition) is 2. The Labute approximate surface area is 197 Å². The molecule has 3 heterocycles. The van der Waals surface area contributed by atoms with Crippen LogP contribution in [0.3, 0.4) is 0 Å². The summed E-state index contributed by atoms with van der Waals surface area (Å²) in [5.74, 6) is -0.224. The second-order valence-electron chi connectivity index (χ2n) is 7.28. The van der Waals surface area contributed by atoms with E-state index in [1.54, 1.807) is 30.8 Å². The minimum absolute atomic E-state index is 0.0432. The van der Waals surface area contributed by atoms with Gasteiger partial charge in [-0.1, -0.05) is 48.5 Å². The summed E-state index contributed by atoms with van der Waals surface area (Å²) in [4.78, 5) is 30.3. The predicted molar refractivity (Wildman–Crippen MR) is 132 cm³/mol. The molecule has 0 saturated carbocycles. The number of rotatable bonds is 5. The van der Waals surface area contributed by atoms with E-state index in [4.69, 9.17) is 5.41 Å². The molecule has 5 rings (SSSR count). The maximum atomic E-state index is 12.9. The second kappa shape index (κ2) is 8.61. The van der Waals surface area contributed by atoms with E-state index in [9.17, 15) is 9.59 Å². The summed E-state index contributed by atoms with van der Waals surface area (Å²) in [5, 5.41) is 17.7. The van der Waals surface area contributed by atoms with Gasteiger partial charge in [-0.05, 0) is 35.9 Å². The summed E-state index contributed by atoms with van der Waals surface area (Å²) in [6.45, 7) is 1.55. The lowest BCUT2D eigenvalue weighted by atomic mass is 10.00. The molecule has 0 atom stereocenters. The molecule has 9 heteroatoms. The fourth-order valence-corrected chi connectivity index (χ4v) is 5.03. The minimum atomic E-state index is -0.267. The van der Waals surface area contributed by atoms with Crippen molar-refractivity contribution in [2.45, 2.75) is 6.92 Å². The zero-order chi connectivity index (χ0) is 22.9. The summed E-state index contributed by atoms with van der Waals surface area (Å²) in [6, 6.07) is 15.5. The number of carbonyl (C=O) groups is 2. The third-order valence-corrected chi connectivity index (χ3v) is 6.83. The molecule has 1 fully saturated rings. The Balaban J connectivity index is 1.41. The van der Waals surface area contributed by atoms with Crippen molar-refractivity contribution in [3.8, 4) is 22.4 Å². The minimum Gasteiger partial charge on any atom is -0.295 e. The number of aromatic nitrogens is 3. The third kappa shape index (κ3) is 4.04. The fourth-order valence-electron chi connectivity index (χ4n) is 3.49. The van der Waals surface area contributed by atoms with Crippen LogP contribution in [0.4, 0.5) is 5.13 Å². The monoisotopic (exact) mass is 471 g/mol. The molecule has 1 aliphatic rings. The highest BCUT2D eigenvalue weighted by atomic mass is 32.2. The molecule has 7 nitrogen and oxygen atoms in total. The molecule has 4 aromatic rings. The molecule has 0 spiro atoms. The summed E-state index contributed by atoms with van der Waals surface area (Å²) in [7, 11) is 0. The van der Waals surface area contributed by atoms with E-state index in [0.29, 0.717) is 15.6 Å². The number of amidine groups is 1. The lowest BCUT2D eigenvalue weighted by Gasteiger charge is -2.09. The smallest absolute Gasteiger partial charge is 0.273 e. The average Bonchev–Trinajstić information content (AvgIpc) is 3.56. The first-order valence-electron chi connectivity index (χ1n) is 9.98. The van der Waals surface area contributed by atoms with Gasteiger partial charge in [-0.3, -0.25) is 20.1 Å². The molecule has 0 bridgehead atoms. The Morgan fingerprint density at radius 3 is 2.36 bits per heavy atom. The van der Waals surface area contributed by atoms with Crippen molar-refractivity contribution in [2.75, 3.05) is 4.90 Å². The molecule has 2 aromatic heterocycles. The van der Waals surface area contributed by atoms with Crippen LogP contribution in [-0.4, -0.2) is 32.0 Å². The van der Waals surface area contributed by atoms with E-state index in [0.717, 1.165) is 39.7 Å². The van der Waals surface area contributed by atoms with Gasteiger partial charge in [-0.2, -0.15) is 5.10 Å². The number of thiazole rings is 1. The first-order chi connectivity index (χ1) is 16.0. The maximum absolute atomic E-state index is 12.9. The van der Waals surface area contributed by atoms with E-state index in [1.165, 1.54) is 16.2 Å². The van der Waals surface area contributed by atoms with E-state index in [2.05, 4.69) is 15.2 Å². The second-order valence-corrected chi connectivity index (χ2v) is 9.19. The van der Waals surface area contributed by atoms with Crippen molar-refractivity contribution in [1.82, 2.24) is 15.2 Å². The van der Waals surface area contributed by atoms with Crippen LogP contribution in [-0.2, 0) is 4.79 Å². The number of nitrogens with one attached hydrogen (secondary N) is 2. The lowest BCUT2D eigenvalue weighted by molar-refractivity contribution is -0.113. The highest BCUT2D eigenvalue weighted by molar-refractivity contribution is 8.19. The summed E-state index contributed by atoms with van der Waals surface area (Å²) in [6.07, 6.45) is 5.03. The topological polar surface area (TPSA) is 103 Å². The van der Waals surface area contributed by atoms with Crippen LogP contribution in [0.2, 0.25) is 0 Å². The molecule has 1 saturated heterocycles. The number of Topliss-reactive ketones (excluding diaryl/α,β-unsaturated/α-hetero) is 1. The molecule has 0 radical (unpaired) electrons. The number of carbonyl (C=O) groups excluding carboxylic acids is 2. The van der Waals surface area contributed by atoms with E-state index in [1.807, 2.05) is 48.5 Å². The maximum Gasteiger partial charge on any atom is 0.273 e. The van der Waals surface area contributed by atoms with Crippen LogP contribution in [0, 0.1) is 5.41 Å². The molecule has 1 aliphatic heterocycles. The van der Waals surface area contributed by atoms with Gasteiger partial charge in [0.15, 0.2) is 16.1 Å². The summed E-state index contributed by atoms with van der Waals surface area (Å²) < 4.78 is 0. The molecule has 0 aliphatic carbocycles. The van der Waals surface area contributed by atoms with Gasteiger partial charge in [0.05, 0.1) is 16.8 Å². The van der Waals surface area contributed by atoms with Gasteiger partial charge in [0.2, 0.25) is 0 Å². The van der Waals surface area contributed by atoms with Crippen LogP contribution < -0.4 is 4.90 Å². The van der Waals surface area contributed by atoms with Crippen LogP contribution in [0.1, 0.15) is 22.8 Å². The lowest BCUT2D eigenvalue weighted by Crippen LogP contribution is -2.27. The number of amides is 1. The number of thioether (sulfide) groups is 1. The number of H-pyrrole nitrogens is 1. The number of aromatic amines is 1. The van der Waals surface area contributed by atoms with Crippen LogP contribution in [0.25, 0.3) is 28.5 Å². The Kier molecular flexibility index (Phi) is 5.49. The van der Waals surface area contributed by atoms with Crippen molar-refractivity contribution in [3.63, 3.8) is 0 Å². The molecular formula is C24H17N5O2S2. The zero-order valence-corrected chi connectivity index (χ0v) is 19.0. The van der Waals surface area contributed by atoms with E-state index < -0.39 is 0 Å². The van der Waals surface area contributed by atoms with Crippen molar-refractivity contribution in [1.29, 1.82) is 5.41 Å². The Bertz CT molecular complexity index is 1390. The zero-order valence-electron chi connectivity index (χ0n) is 17.4. The quantitative estimate of drug-likeness (QED) is 0.297. The number of anilines is 1. The Hall–Kier alpha value is -3.82. The van der Waals surface area contributed by atoms with Gasteiger partial charge in [0.1, 0.15) is 0 Å². The highest BCUT2D eigenvalue weighted by Gasteiger charge is 2.35. The van der Waals surface area contributed by atoms with Crippen molar-refractivity contribution in [2.24, 2.45) is 0 Å². The molecule has 33 heavy (non-hydrogen) atoms. The van der Waals surface area contributed by atoms with Gasteiger partial charge in [-0.25, -0.2) is 9.88 Å². The molecule has 2 N–H and O–H groups in total. The summed E-state index contributed by atoms with van der Waals surface area (Å²) in [5.41, 5.74) is 5.21. The fraction of sp³-hybridized carbons (Fsp3) is 0.0417. The van der Waals surface area contributed by atoms with Gasteiger partial charge in [0.25, 0.3) is 5.91 Å². The normalized spacial score (nSPS) is 14.9. The van der Waals surface area contributed by atoms with E-state index >= 15 is 0 Å². The SMILES string of the molecule is CC(=O)c1ccc(-c2ccc(-c3[nH]ncc3/C=C3\SC(=N)N(c4nccs4)C3=O)cc2)cc1. The van der Waals surface area contributed by atoms with Crippen LogP contribution >= 0.6 is 23.1 Å². The molecule has 2 aromatic carbocycles. The van der Waals surface area contributed by atoms with Gasteiger partial charge in [0, 0.05) is 28.3 Å². The van der Waals surface area contributed by atoms with Crippen molar-refractivity contribution in [3.05, 3.63) is 82.3 Å². The first-order valence-corrected chi connectivity index (χ1v) is 11.7. The summed E-state index contributed by atoms with van der Waals surface area (Å²) >= 11 is 2.42. The third-order valence-electron chi connectivity index (χ3n) is 5.19. The largest absolute Gasteiger partial charge is 0.295 e.